The number of rotatable bonds is 4. The lowest BCUT2D eigenvalue weighted by molar-refractivity contribution is -0.0883. The minimum absolute atomic E-state index is 0.161. The molecule has 3 atom stereocenters. The molecule has 7 heteroatoms. The number of fused-ring (bicyclic) bond motifs is 1. The Morgan fingerprint density at radius 3 is 2.74 bits per heavy atom. The average molecular weight is 421 g/mol. The van der Waals surface area contributed by atoms with Gasteiger partial charge in [0.1, 0.15) is 6.07 Å². The largest absolute Gasteiger partial charge is 0.370 e. The zero-order valence-corrected chi connectivity index (χ0v) is 18.5. The zero-order valence-electron chi connectivity index (χ0n) is 18.5. The Kier molecular flexibility index (Phi) is 5.81. The highest BCUT2D eigenvalue weighted by Crippen LogP contribution is 2.32. The number of likely N-dealkylation sites (tertiary alicyclic amines) is 1. The lowest BCUT2D eigenvalue weighted by atomic mass is 9.98. The zero-order chi connectivity index (χ0) is 21.4. The molecule has 1 unspecified atom stereocenters. The van der Waals surface area contributed by atoms with Gasteiger partial charge in [0.2, 0.25) is 0 Å². The topological polar surface area (TPSA) is 67.7 Å². The van der Waals surface area contributed by atoms with E-state index in [1.54, 1.807) is 6.20 Å². The summed E-state index contributed by atoms with van der Waals surface area (Å²) in [6.45, 7) is 13.0. The summed E-state index contributed by atoms with van der Waals surface area (Å²) in [6.07, 6.45) is 2.09. The van der Waals surface area contributed by atoms with Gasteiger partial charge in [0, 0.05) is 81.7 Å². The van der Waals surface area contributed by atoms with E-state index in [0.29, 0.717) is 17.6 Å². The highest BCUT2D eigenvalue weighted by molar-refractivity contribution is 5.95. The SMILES string of the molecule is CC([C@@H]1CN(c2ccc(C#N)c3ncccc23)C[C@@H](C)O1)N1CC(N2CCNCC2)C1. The third-order valence-electron chi connectivity index (χ3n) is 7.17. The molecule has 3 saturated heterocycles. The molecule has 31 heavy (non-hydrogen) atoms. The van der Waals surface area contributed by atoms with Crippen molar-refractivity contribution in [3.05, 3.63) is 36.0 Å². The molecule has 1 aromatic carbocycles. The monoisotopic (exact) mass is 420 g/mol. The van der Waals surface area contributed by atoms with Gasteiger partial charge in [-0.2, -0.15) is 5.26 Å². The molecule has 0 spiro atoms. The van der Waals surface area contributed by atoms with Crippen molar-refractivity contribution in [1.82, 2.24) is 20.1 Å². The number of nitrogens with zero attached hydrogens (tertiary/aromatic N) is 5. The van der Waals surface area contributed by atoms with Crippen molar-refractivity contribution in [3.63, 3.8) is 0 Å². The molecule has 4 heterocycles. The van der Waals surface area contributed by atoms with E-state index in [9.17, 15) is 5.26 Å². The van der Waals surface area contributed by atoms with Crippen molar-refractivity contribution in [2.24, 2.45) is 0 Å². The Hall–Kier alpha value is -2.24. The van der Waals surface area contributed by atoms with Crippen molar-refractivity contribution < 1.29 is 4.74 Å². The summed E-state index contributed by atoms with van der Waals surface area (Å²) in [5, 5.41) is 14.0. The van der Waals surface area contributed by atoms with Crippen molar-refractivity contribution in [2.75, 3.05) is 57.3 Å². The fraction of sp³-hybridized carbons (Fsp3) is 0.583. The summed E-state index contributed by atoms with van der Waals surface area (Å²) in [7, 11) is 0. The highest BCUT2D eigenvalue weighted by Gasteiger charge is 2.40. The van der Waals surface area contributed by atoms with Gasteiger partial charge in [-0.25, -0.2) is 0 Å². The smallest absolute Gasteiger partial charge is 0.101 e. The molecule has 0 amide bonds. The Labute approximate surface area is 184 Å². The number of aromatic nitrogens is 1. The Morgan fingerprint density at radius 2 is 1.97 bits per heavy atom. The molecule has 0 saturated carbocycles. The molecular formula is C24H32N6O. The normalized spacial score (nSPS) is 27.1. The Balaban J connectivity index is 1.30. The number of pyridine rings is 1. The van der Waals surface area contributed by atoms with Gasteiger partial charge in [0.25, 0.3) is 0 Å². The quantitative estimate of drug-likeness (QED) is 0.807. The van der Waals surface area contributed by atoms with Crippen LogP contribution in [0.5, 0.6) is 0 Å². The van der Waals surface area contributed by atoms with E-state index >= 15 is 0 Å². The first-order chi connectivity index (χ1) is 15.1. The molecule has 164 valence electrons. The van der Waals surface area contributed by atoms with Gasteiger partial charge in [-0.05, 0) is 38.1 Å². The second-order valence-corrected chi connectivity index (χ2v) is 9.17. The van der Waals surface area contributed by atoms with Gasteiger partial charge in [-0.15, -0.1) is 0 Å². The number of ether oxygens (including phenoxy) is 1. The van der Waals surface area contributed by atoms with Crippen LogP contribution in [0, 0.1) is 11.3 Å². The number of morpholine rings is 1. The van der Waals surface area contributed by atoms with E-state index < -0.39 is 0 Å². The lowest BCUT2D eigenvalue weighted by Crippen LogP contribution is -2.67. The molecule has 5 rings (SSSR count). The molecule has 7 nitrogen and oxygen atoms in total. The molecule has 3 aliphatic rings. The van der Waals surface area contributed by atoms with E-state index in [-0.39, 0.29) is 12.2 Å². The number of anilines is 1. The Morgan fingerprint density at radius 1 is 1.16 bits per heavy atom. The van der Waals surface area contributed by atoms with Crippen LogP contribution in [0.4, 0.5) is 5.69 Å². The molecule has 1 N–H and O–H groups in total. The second-order valence-electron chi connectivity index (χ2n) is 9.17. The van der Waals surface area contributed by atoms with Gasteiger partial charge in [0.05, 0.1) is 23.3 Å². The van der Waals surface area contributed by atoms with Crippen LogP contribution < -0.4 is 10.2 Å². The van der Waals surface area contributed by atoms with E-state index in [0.717, 1.165) is 68.9 Å². The predicted molar refractivity (Wildman–Crippen MR) is 122 cm³/mol. The summed E-state index contributed by atoms with van der Waals surface area (Å²) in [6, 6.07) is 11.3. The van der Waals surface area contributed by atoms with E-state index in [1.165, 1.54) is 0 Å². The fourth-order valence-corrected chi connectivity index (χ4v) is 5.31. The summed E-state index contributed by atoms with van der Waals surface area (Å²) in [5.74, 6) is 0. The minimum Gasteiger partial charge on any atom is -0.370 e. The number of benzene rings is 1. The summed E-state index contributed by atoms with van der Waals surface area (Å²) < 4.78 is 6.42. The van der Waals surface area contributed by atoms with Crippen LogP contribution >= 0.6 is 0 Å². The minimum atomic E-state index is 0.161. The first-order valence-electron chi connectivity index (χ1n) is 11.5. The summed E-state index contributed by atoms with van der Waals surface area (Å²) in [5.41, 5.74) is 2.56. The van der Waals surface area contributed by atoms with Crippen molar-refractivity contribution in [1.29, 1.82) is 5.26 Å². The van der Waals surface area contributed by atoms with E-state index in [1.807, 2.05) is 12.1 Å². The number of nitrogens with one attached hydrogen (secondary N) is 1. The number of hydrogen-bond donors (Lipinski definition) is 1. The van der Waals surface area contributed by atoms with Crippen LogP contribution in [-0.2, 0) is 4.74 Å². The maximum Gasteiger partial charge on any atom is 0.101 e. The molecule has 3 fully saturated rings. The van der Waals surface area contributed by atoms with Gasteiger partial charge >= 0.3 is 0 Å². The summed E-state index contributed by atoms with van der Waals surface area (Å²) in [4.78, 5) is 12.1. The molecule has 2 aromatic rings. The third-order valence-corrected chi connectivity index (χ3v) is 7.17. The van der Waals surface area contributed by atoms with E-state index in [2.05, 4.69) is 57.0 Å². The first-order valence-corrected chi connectivity index (χ1v) is 11.5. The number of hydrogen-bond acceptors (Lipinski definition) is 7. The second kappa shape index (κ2) is 8.71. The van der Waals surface area contributed by atoms with Gasteiger partial charge < -0.3 is 15.0 Å². The number of nitriles is 1. The van der Waals surface area contributed by atoms with Gasteiger partial charge in [-0.1, -0.05) is 0 Å². The highest BCUT2D eigenvalue weighted by atomic mass is 16.5. The van der Waals surface area contributed by atoms with Crippen LogP contribution in [0.25, 0.3) is 10.9 Å². The third kappa shape index (κ3) is 4.01. The van der Waals surface area contributed by atoms with Crippen LogP contribution in [0.15, 0.2) is 30.5 Å². The van der Waals surface area contributed by atoms with Crippen LogP contribution in [0.2, 0.25) is 0 Å². The fourth-order valence-electron chi connectivity index (χ4n) is 5.31. The van der Waals surface area contributed by atoms with Crippen molar-refractivity contribution in [3.8, 4) is 6.07 Å². The van der Waals surface area contributed by atoms with E-state index in [4.69, 9.17) is 4.74 Å². The predicted octanol–water partition coefficient (Wildman–Crippen LogP) is 1.68. The van der Waals surface area contributed by atoms with Crippen LogP contribution in [0.1, 0.15) is 19.4 Å². The molecule has 0 bridgehead atoms. The average Bonchev–Trinajstić information content (AvgIpc) is 2.77. The van der Waals surface area contributed by atoms with Crippen molar-refractivity contribution in [2.45, 2.75) is 38.1 Å². The summed E-state index contributed by atoms with van der Waals surface area (Å²) >= 11 is 0. The molecule has 1 aromatic heterocycles. The first kappa shape index (κ1) is 20.7. The van der Waals surface area contributed by atoms with Crippen molar-refractivity contribution >= 4 is 16.6 Å². The lowest BCUT2D eigenvalue weighted by Gasteiger charge is -2.52. The molecule has 3 aliphatic heterocycles. The molecule has 0 radical (unpaired) electrons. The maximum atomic E-state index is 9.47. The molecular weight excluding hydrogens is 388 g/mol. The Bertz CT molecular complexity index is 962. The molecule has 0 aliphatic carbocycles. The van der Waals surface area contributed by atoms with Gasteiger partial charge in [-0.3, -0.25) is 14.8 Å². The number of piperazine rings is 1. The standard InChI is InChI=1S/C24H32N6O/c1-17-13-30(22-6-5-19(12-25)24-21(22)4-3-7-27-24)16-23(31-17)18(2)29-14-20(15-29)28-10-8-26-9-11-28/h3-7,17-18,20,23,26H,8-11,13-16H2,1-2H3/t17-,18?,23+/m1/s1. The maximum absolute atomic E-state index is 9.47. The van der Waals surface area contributed by atoms with Crippen LogP contribution in [0.3, 0.4) is 0 Å². The van der Waals surface area contributed by atoms with Gasteiger partial charge in [0.15, 0.2) is 0 Å². The van der Waals surface area contributed by atoms with Crippen LogP contribution in [-0.4, -0.2) is 91.4 Å².